The van der Waals surface area contributed by atoms with E-state index in [0.717, 1.165) is 29.7 Å². The van der Waals surface area contributed by atoms with Gasteiger partial charge in [0.15, 0.2) is 15.4 Å². The number of sulfone groups is 1. The molecule has 1 fully saturated rings. The average Bonchev–Trinajstić information content (AvgIpc) is 3.31. The second-order valence-electron chi connectivity index (χ2n) is 7.30. The number of pyridine rings is 1. The van der Waals surface area contributed by atoms with Crippen LogP contribution in [0.2, 0.25) is 0 Å². The summed E-state index contributed by atoms with van der Waals surface area (Å²) in [5, 5.41) is 0.971. The molecule has 1 aliphatic rings. The summed E-state index contributed by atoms with van der Waals surface area (Å²) in [6, 6.07) is 5.49. The van der Waals surface area contributed by atoms with Crippen molar-refractivity contribution >= 4 is 37.8 Å². The highest BCUT2D eigenvalue weighted by molar-refractivity contribution is 7.91. The molecule has 0 aliphatic heterocycles. The van der Waals surface area contributed by atoms with Crippen LogP contribution >= 0.6 is 0 Å². The molecule has 0 saturated heterocycles. The number of furan rings is 1. The van der Waals surface area contributed by atoms with Crippen LogP contribution in [-0.2, 0) is 9.84 Å². The maximum atomic E-state index is 12.8. The van der Waals surface area contributed by atoms with Gasteiger partial charge in [0.05, 0.1) is 22.3 Å². The lowest BCUT2D eigenvalue weighted by atomic mass is 9.81. The first-order chi connectivity index (χ1) is 13.5. The summed E-state index contributed by atoms with van der Waals surface area (Å²) in [6.45, 7) is 0. The Bertz CT molecular complexity index is 1260. The Morgan fingerprint density at radius 3 is 2.96 bits per heavy atom. The number of H-pyrrole nitrogens is 1. The van der Waals surface area contributed by atoms with Crippen LogP contribution in [0.3, 0.4) is 0 Å². The number of aromatic amines is 1. The maximum Gasteiger partial charge on any atom is 0.180 e. The van der Waals surface area contributed by atoms with Crippen molar-refractivity contribution in [2.24, 2.45) is 5.92 Å². The summed E-state index contributed by atoms with van der Waals surface area (Å²) in [4.78, 5) is 18.2. The predicted octanol–water partition coefficient (Wildman–Crippen LogP) is 2.79. The largest absolute Gasteiger partial charge is 0.463 e. The number of rotatable bonds is 5. The second kappa shape index (κ2) is 6.30. The van der Waals surface area contributed by atoms with E-state index in [0.29, 0.717) is 11.1 Å². The Morgan fingerprint density at radius 1 is 1.25 bits per heavy atom. The molecule has 0 radical (unpaired) electrons. The van der Waals surface area contributed by atoms with Gasteiger partial charge in [-0.3, -0.25) is 4.98 Å². The van der Waals surface area contributed by atoms with Crippen LogP contribution in [0.15, 0.2) is 52.5 Å². The molecule has 1 aliphatic carbocycles. The third-order valence-electron chi connectivity index (χ3n) is 5.52. The van der Waals surface area contributed by atoms with E-state index in [4.69, 9.17) is 4.42 Å². The zero-order valence-corrected chi connectivity index (χ0v) is 16.1. The van der Waals surface area contributed by atoms with Gasteiger partial charge < -0.3 is 14.3 Å². The minimum Gasteiger partial charge on any atom is -0.463 e. The molecule has 5 rings (SSSR count). The van der Waals surface area contributed by atoms with E-state index in [-0.39, 0.29) is 22.6 Å². The van der Waals surface area contributed by atoms with Crippen LogP contribution in [0.5, 0.6) is 0 Å². The van der Waals surface area contributed by atoms with Gasteiger partial charge in [0.1, 0.15) is 23.3 Å². The number of anilines is 1. The molecule has 0 bridgehead atoms. The van der Waals surface area contributed by atoms with Crippen molar-refractivity contribution < 1.29 is 12.8 Å². The van der Waals surface area contributed by atoms with Gasteiger partial charge in [-0.25, -0.2) is 18.4 Å². The lowest BCUT2D eigenvalue weighted by Gasteiger charge is -2.41. The van der Waals surface area contributed by atoms with E-state index in [1.807, 2.05) is 19.3 Å². The smallest absolute Gasteiger partial charge is 0.180 e. The highest BCUT2D eigenvalue weighted by Crippen LogP contribution is 2.36. The second-order valence-corrected chi connectivity index (χ2v) is 9.33. The van der Waals surface area contributed by atoms with Crippen molar-refractivity contribution in [1.82, 2.24) is 19.9 Å². The molecule has 0 atom stereocenters. The lowest BCUT2D eigenvalue weighted by Crippen LogP contribution is -2.45. The van der Waals surface area contributed by atoms with E-state index in [1.54, 1.807) is 18.5 Å². The number of hydrogen-bond donors (Lipinski definition) is 1. The van der Waals surface area contributed by atoms with Gasteiger partial charge in [-0.05, 0) is 24.8 Å². The Kier molecular flexibility index (Phi) is 3.87. The molecule has 144 valence electrons. The molecule has 4 heterocycles. The van der Waals surface area contributed by atoms with Crippen molar-refractivity contribution in [3.63, 3.8) is 0 Å². The first kappa shape index (κ1) is 17.2. The third kappa shape index (κ3) is 2.82. The van der Waals surface area contributed by atoms with Crippen LogP contribution in [0, 0.1) is 5.92 Å². The quantitative estimate of drug-likeness (QED) is 0.552. The van der Waals surface area contributed by atoms with Gasteiger partial charge in [0.25, 0.3) is 0 Å². The van der Waals surface area contributed by atoms with Crippen LogP contribution in [0.1, 0.15) is 12.8 Å². The molecule has 0 amide bonds. The van der Waals surface area contributed by atoms with E-state index < -0.39 is 9.84 Å². The van der Waals surface area contributed by atoms with Gasteiger partial charge >= 0.3 is 0 Å². The summed E-state index contributed by atoms with van der Waals surface area (Å²) in [5.74, 6) is 1.10. The molecule has 8 nitrogen and oxygen atoms in total. The molecule has 1 N–H and O–H groups in total. The predicted molar refractivity (Wildman–Crippen MR) is 105 cm³/mol. The molecular weight excluding hydrogens is 378 g/mol. The molecule has 0 aromatic carbocycles. The fourth-order valence-corrected chi connectivity index (χ4v) is 5.46. The summed E-state index contributed by atoms with van der Waals surface area (Å²) >= 11 is 0. The van der Waals surface area contributed by atoms with Gasteiger partial charge in [0, 0.05) is 37.6 Å². The van der Waals surface area contributed by atoms with Crippen LogP contribution in [-0.4, -0.2) is 47.2 Å². The third-order valence-corrected chi connectivity index (χ3v) is 7.37. The highest BCUT2D eigenvalue weighted by Gasteiger charge is 2.36. The van der Waals surface area contributed by atoms with Crippen molar-refractivity contribution in [3.05, 3.63) is 43.2 Å². The summed E-state index contributed by atoms with van der Waals surface area (Å²) in [7, 11) is -1.40. The van der Waals surface area contributed by atoms with Crippen LogP contribution in [0.4, 0.5) is 5.82 Å². The molecule has 4 aromatic rings. The first-order valence-corrected chi connectivity index (χ1v) is 10.7. The van der Waals surface area contributed by atoms with Crippen molar-refractivity contribution in [1.29, 1.82) is 0 Å². The van der Waals surface area contributed by atoms with E-state index in [9.17, 15) is 8.42 Å². The number of nitrogens with one attached hydrogen (secondary N) is 1. The minimum atomic E-state index is -3.40. The van der Waals surface area contributed by atoms with Crippen molar-refractivity contribution in [3.8, 4) is 0 Å². The highest BCUT2D eigenvalue weighted by atomic mass is 32.2. The Labute approximate surface area is 161 Å². The van der Waals surface area contributed by atoms with Gasteiger partial charge in [-0.15, -0.1) is 0 Å². The molecule has 0 spiro atoms. The normalized spacial score (nSPS) is 19.8. The number of aromatic nitrogens is 4. The van der Waals surface area contributed by atoms with E-state index in [1.165, 1.54) is 12.5 Å². The Morgan fingerprint density at radius 2 is 2.11 bits per heavy atom. The summed E-state index contributed by atoms with van der Waals surface area (Å²) in [5.41, 5.74) is 1.95. The first-order valence-electron chi connectivity index (χ1n) is 9.08. The average molecular weight is 397 g/mol. The lowest BCUT2D eigenvalue weighted by molar-refractivity contribution is 0.282. The maximum absolute atomic E-state index is 12.8. The van der Waals surface area contributed by atoms with Crippen molar-refractivity contribution in [2.75, 3.05) is 17.7 Å². The van der Waals surface area contributed by atoms with Crippen LogP contribution < -0.4 is 4.90 Å². The minimum absolute atomic E-state index is 0.119. The Hall–Kier alpha value is -2.94. The van der Waals surface area contributed by atoms with Gasteiger partial charge in [-0.2, -0.15) is 0 Å². The van der Waals surface area contributed by atoms with Crippen LogP contribution in [0.25, 0.3) is 22.1 Å². The van der Waals surface area contributed by atoms with Crippen molar-refractivity contribution in [2.45, 2.75) is 23.8 Å². The Balaban J connectivity index is 1.28. The molecular formula is C19H19N5O3S. The molecule has 0 unspecified atom stereocenters. The van der Waals surface area contributed by atoms with E-state index >= 15 is 0 Å². The molecule has 28 heavy (non-hydrogen) atoms. The monoisotopic (exact) mass is 397 g/mol. The number of nitrogens with zero attached hydrogens (tertiary/aromatic N) is 4. The standard InChI is InChI=1S/C19H19N5O3S/c1-24(19-15-2-4-20-18(15)22-11-23-19)13-6-12(7-13)10-28(25,26)14-8-17-16(21-9-14)3-5-27-17/h2-5,8-9,11-13H,6-7,10H2,1H3,(H,20,22,23). The number of hydrogen-bond acceptors (Lipinski definition) is 7. The van der Waals surface area contributed by atoms with Gasteiger partial charge in [-0.1, -0.05) is 0 Å². The fourth-order valence-electron chi connectivity index (χ4n) is 3.87. The zero-order valence-electron chi connectivity index (χ0n) is 15.2. The SMILES string of the molecule is CN(c1ncnc2[nH]ccc12)C1CC(CS(=O)(=O)c2cnc3ccoc3c2)C1. The summed E-state index contributed by atoms with van der Waals surface area (Å²) < 4.78 is 30.8. The topological polar surface area (TPSA) is 105 Å². The number of fused-ring (bicyclic) bond motifs is 2. The fraction of sp³-hybridized carbons (Fsp3) is 0.316. The summed E-state index contributed by atoms with van der Waals surface area (Å²) in [6.07, 6.45) is 7.93. The molecule has 4 aromatic heterocycles. The molecule has 9 heteroatoms. The van der Waals surface area contributed by atoms with E-state index in [2.05, 4.69) is 24.8 Å². The molecule has 1 saturated carbocycles. The van der Waals surface area contributed by atoms with Gasteiger partial charge in [0.2, 0.25) is 0 Å². The zero-order chi connectivity index (χ0) is 19.3.